The molecule has 0 aromatic heterocycles. The minimum Gasteiger partial charge on any atom is -0.716 e. The van der Waals surface area contributed by atoms with Crippen LogP contribution in [0.25, 0.3) is 0 Å². The van der Waals surface area contributed by atoms with E-state index in [9.17, 15) is 17.8 Å². The Kier molecular flexibility index (Phi) is 21.6. The van der Waals surface area contributed by atoms with Gasteiger partial charge in [0, 0.05) is 6.42 Å². The molecule has 0 unspecified atom stereocenters. The van der Waals surface area contributed by atoms with Crippen molar-refractivity contribution in [2.45, 2.75) is 110 Å². The molecule has 0 aliphatic carbocycles. The van der Waals surface area contributed by atoms with Gasteiger partial charge in [-0.1, -0.05) is 96.8 Å². The molecule has 0 aromatic carbocycles. The minimum absolute atomic E-state index is 0. The van der Waals surface area contributed by atoms with Gasteiger partial charge in [-0.05, 0) is 6.42 Å². The van der Waals surface area contributed by atoms with E-state index in [1.54, 1.807) is 0 Å². The number of unbranched alkanes of at least 4 members (excludes halogenated alkanes) is 14. The molecule has 0 saturated heterocycles. The molecular formula is C18H35CaO5S+. The van der Waals surface area contributed by atoms with Gasteiger partial charge in [-0.3, -0.25) is 4.79 Å². The third-order valence-corrected chi connectivity index (χ3v) is 4.57. The van der Waals surface area contributed by atoms with E-state index in [-0.39, 0.29) is 44.2 Å². The second-order valence-corrected chi connectivity index (χ2v) is 7.55. The van der Waals surface area contributed by atoms with Crippen molar-refractivity contribution >= 4 is 54.1 Å². The summed E-state index contributed by atoms with van der Waals surface area (Å²) in [6.45, 7) is 2.25. The molecule has 0 heterocycles. The van der Waals surface area contributed by atoms with Crippen LogP contribution in [0.4, 0.5) is 0 Å². The summed E-state index contributed by atoms with van der Waals surface area (Å²) < 4.78 is 34.3. The summed E-state index contributed by atoms with van der Waals surface area (Å²) in [5, 5.41) is 0. The Morgan fingerprint density at radius 3 is 1.36 bits per heavy atom. The molecule has 0 rings (SSSR count). The van der Waals surface area contributed by atoms with Crippen LogP contribution < -0.4 is 0 Å². The van der Waals surface area contributed by atoms with Crippen LogP contribution in [0.2, 0.25) is 0 Å². The van der Waals surface area contributed by atoms with E-state index < -0.39 is 16.4 Å². The third kappa shape index (κ3) is 24.6. The van der Waals surface area contributed by atoms with E-state index in [4.69, 9.17) is 0 Å². The molecule has 0 spiro atoms. The maximum absolute atomic E-state index is 11.0. The Bertz CT molecular complexity index is 398. The van der Waals surface area contributed by atoms with E-state index in [1.807, 2.05) is 0 Å². The van der Waals surface area contributed by atoms with Crippen molar-refractivity contribution in [1.29, 1.82) is 0 Å². The molecule has 7 heteroatoms. The zero-order valence-electron chi connectivity index (χ0n) is 16.0. The first kappa shape index (κ1) is 27.9. The van der Waals surface area contributed by atoms with Gasteiger partial charge >= 0.3 is 43.7 Å². The maximum atomic E-state index is 11.0. The van der Waals surface area contributed by atoms with Gasteiger partial charge in [0.15, 0.2) is 0 Å². The Morgan fingerprint density at radius 1 is 0.720 bits per heavy atom. The normalized spacial score (nSPS) is 11.1. The van der Waals surface area contributed by atoms with Gasteiger partial charge in [0.2, 0.25) is 0 Å². The molecular weight excluding hydrogens is 368 g/mol. The second kappa shape index (κ2) is 19.4. The summed E-state index contributed by atoms with van der Waals surface area (Å²) in [6, 6.07) is 0. The zero-order chi connectivity index (χ0) is 18.1. The van der Waals surface area contributed by atoms with Crippen LogP contribution in [0.1, 0.15) is 110 Å². The molecule has 0 radical (unpaired) electrons. The topological polar surface area (TPSA) is 83.5 Å². The standard InChI is InChI=1S/C18H36O5S.Ca/c1-2-3-4-5-6-7-8-9-10-11-12-13-14-15-16-17-18(19)23-24(20,21)22;/h2-17H2,1H3,(H,20,21,22);/q;+2/p-1. The first-order valence-corrected chi connectivity index (χ1v) is 11.0. The average molecular weight is 404 g/mol. The molecule has 0 aromatic rings. The van der Waals surface area contributed by atoms with E-state index >= 15 is 0 Å². The van der Waals surface area contributed by atoms with Crippen LogP contribution >= 0.6 is 0 Å². The number of rotatable bonds is 17. The summed E-state index contributed by atoms with van der Waals surface area (Å²) in [4.78, 5) is 11.0. The van der Waals surface area contributed by atoms with E-state index in [0.29, 0.717) is 6.42 Å². The molecule has 0 bridgehead atoms. The number of hydrogen-bond donors (Lipinski definition) is 0. The van der Waals surface area contributed by atoms with Gasteiger partial charge in [-0.15, -0.1) is 0 Å². The fraction of sp³-hybridized carbons (Fsp3) is 0.944. The number of carbonyl (C=O) groups excluding carboxylic acids is 1. The smallest absolute Gasteiger partial charge is 0.716 e. The Labute approximate surface area is 184 Å². The fourth-order valence-electron chi connectivity index (χ4n) is 2.80. The van der Waals surface area contributed by atoms with Crippen LogP contribution in [-0.4, -0.2) is 56.7 Å². The molecule has 0 aliphatic rings. The van der Waals surface area contributed by atoms with Gasteiger partial charge in [0.25, 0.3) is 10.4 Å². The Morgan fingerprint density at radius 2 is 1.04 bits per heavy atom. The van der Waals surface area contributed by atoms with Gasteiger partial charge in [0.1, 0.15) is 0 Å². The summed E-state index contributed by atoms with van der Waals surface area (Å²) in [7, 11) is -4.89. The second-order valence-electron chi connectivity index (χ2n) is 6.56. The van der Waals surface area contributed by atoms with E-state index in [2.05, 4.69) is 11.1 Å². The third-order valence-electron chi connectivity index (χ3n) is 4.18. The first-order valence-electron chi connectivity index (χ1n) is 9.64. The van der Waals surface area contributed by atoms with Crippen molar-refractivity contribution in [3.8, 4) is 0 Å². The van der Waals surface area contributed by atoms with Crippen molar-refractivity contribution in [3.63, 3.8) is 0 Å². The van der Waals surface area contributed by atoms with Crippen molar-refractivity contribution in [3.05, 3.63) is 0 Å². The Balaban J connectivity index is 0. The molecule has 0 amide bonds. The molecule has 0 N–H and O–H groups in total. The molecule has 0 saturated carbocycles. The predicted molar refractivity (Wildman–Crippen MR) is 101 cm³/mol. The largest absolute Gasteiger partial charge is 2.00 e. The number of carbonyl (C=O) groups is 1. The first-order chi connectivity index (χ1) is 11.5. The quantitative estimate of drug-likeness (QED) is 0.150. The molecule has 0 fully saturated rings. The van der Waals surface area contributed by atoms with Crippen molar-refractivity contribution < 1.29 is 21.9 Å². The van der Waals surface area contributed by atoms with Crippen molar-refractivity contribution in [1.82, 2.24) is 0 Å². The monoisotopic (exact) mass is 403 g/mol. The predicted octanol–water partition coefficient (Wildman–Crippen LogP) is 4.87. The van der Waals surface area contributed by atoms with Crippen LogP contribution in [0, 0.1) is 0 Å². The minimum atomic E-state index is -4.89. The molecule has 0 aliphatic heterocycles. The molecule has 5 nitrogen and oxygen atoms in total. The van der Waals surface area contributed by atoms with Crippen LogP contribution in [0.3, 0.4) is 0 Å². The van der Waals surface area contributed by atoms with Gasteiger partial charge < -0.3 is 8.74 Å². The van der Waals surface area contributed by atoms with Gasteiger partial charge in [-0.25, -0.2) is 8.42 Å². The summed E-state index contributed by atoms with van der Waals surface area (Å²) >= 11 is 0. The number of hydrogen-bond acceptors (Lipinski definition) is 5. The summed E-state index contributed by atoms with van der Waals surface area (Å²) in [5.41, 5.74) is 0. The SMILES string of the molecule is CCCCCCCCCCCCCCCCCC(=O)OS(=O)(=O)[O-].[Ca+2]. The molecule has 144 valence electrons. The summed E-state index contributed by atoms with van der Waals surface area (Å²) in [5.74, 6) is -0.945. The molecule has 0 atom stereocenters. The van der Waals surface area contributed by atoms with E-state index in [0.717, 1.165) is 19.3 Å². The summed E-state index contributed by atoms with van der Waals surface area (Å²) in [6.07, 6.45) is 18.3. The van der Waals surface area contributed by atoms with Crippen molar-refractivity contribution in [2.75, 3.05) is 0 Å². The fourth-order valence-corrected chi connectivity index (χ4v) is 3.11. The molecule has 25 heavy (non-hydrogen) atoms. The van der Waals surface area contributed by atoms with Crippen LogP contribution in [0.5, 0.6) is 0 Å². The Hall–Kier alpha value is 0.640. The average Bonchev–Trinajstić information content (AvgIpc) is 2.49. The van der Waals surface area contributed by atoms with Gasteiger partial charge in [0.05, 0.1) is 0 Å². The zero-order valence-corrected chi connectivity index (χ0v) is 19.0. The van der Waals surface area contributed by atoms with Crippen LogP contribution in [-0.2, 0) is 19.4 Å². The maximum Gasteiger partial charge on any atom is 2.00 e. The van der Waals surface area contributed by atoms with Crippen LogP contribution in [0.15, 0.2) is 0 Å². The van der Waals surface area contributed by atoms with Crippen molar-refractivity contribution in [2.24, 2.45) is 0 Å². The van der Waals surface area contributed by atoms with E-state index in [1.165, 1.54) is 70.6 Å². The van der Waals surface area contributed by atoms with Gasteiger partial charge in [-0.2, -0.15) is 0 Å².